The number of hydrogen-bond acceptors (Lipinski definition) is 4. The Morgan fingerprint density at radius 1 is 0.523 bits per heavy atom. The third kappa shape index (κ3) is 8.85. The van der Waals surface area contributed by atoms with Crippen LogP contribution in [0.4, 0.5) is 0 Å². The van der Waals surface area contributed by atoms with Crippen LogP contribution in [-0.4, -0.2) is 15.7 Å². The molecule has 8 aromatic rings. The van der Waals surface area contributed by atoms with Crippen LogP contribution in [0.1, 0.15) is 60.3 Å². The van der Waals surface area contributed by atoms with E-state index >= 15 is 0 Å². The van der Waals surface area contributed by atoms with Crippen molar-refractivity contribution in [1.29, 1.82) is 0 Å². The van der Waals surface area contributed by atoms with E-state index in [9.17, 15) is 0 Å². The van der Waals surface area contributed by atoms with Gasteiger partial charge in [-0.25, -0.2) is 9.97 Å². The lowest BCUT2D eigenvalue weighted by Gasteiger charge is -2.28. The van der Waals surface area contributed by atoms with Gasteiger partial charge in [0.2, 0.25) is 0 Å². The first-order valence-corrected chi connectivity index (χ1v) is 22.4. The number of nitrogens with one attached hydrogen (secondary N) is 1. The predicted octanol–water partition coefficient (Wildman–Crippen LogP) is 14.7. The summed E-state index contributed by atoms with van der Waals surface area (Å²) in [5, 5.41) is 3.68. The Kier molecular flexibility index (Phi) is 11.4. The first kappa shape index (κ1) is 41.1. The van der Waals surface area contributed by atoms with Gasteiger partial charge in [0.1, 0.15) is 6.17 Å². The molecule has 4 nitrogen and oxygen atoms in total. The average Bonchev–Trinajstić information content (AvgIpc) is 3.37. The van der Waals surface area contributed by atoms with Crippen LogP contribution in [0.25, 0.3) is 56.3 Å². The van der Waals surface area contributed by atoms with Gasteiger partial charge in [-0.15, -0.1) is 0 Å². The summed E-state index contributed by atoms with van der Waals surface area (Å²) in [7, 11) is 0. The molecule has 0 fully saturated rings. The highest BCUT2D eigenvalue weighted by atomic mass is 15.1. The number of fused-ring (bicyclic) bond motifs is 1. The summed E-state index contributed by atoms with van der Waals surface area (Å²) >= 11 is 0. The van der Waals surface area contributed by atoms with Crippen molar-refractivity contribution in [3.8, 4) is 45.0 Å². The van der Waals surface area contributed by atoms with E-state index in [-0.39, 0.29) is 11.6 Å². The number of allylic oxidation sites excluding steroid dienone is 7. The van der Waals surface area contributed by atoms with Crippen molar-refractivity contribution in [3.63, 3.8) is 0 Å². The normalized spacial score (nSPS) is 17.7. The van der Waals surface area contributed by atoms with Gasteiger partial charge in [-0.05, 0) is 75.6 Å². The zero-order valence-electron chi connectivity index (χ0n) is 37.0. The molecule has 1 aromatic heterocycles. The first-order valence-electron chi connectivity index (χ1n) is 22.4. The largest absolute Gasteiger partial charge is 0.360 e. The molecular formula is C61H50N4. The Balaban J connectivity index is 0.994. The Labute approximate surface area is 382 Å². The van der Waals surface area contributed by atoms with E-state index in [4.69, 9.17) is 15.0 Å². The lowest BCUT2D eigenvalue weighted by molar-refractivity contribution is 0.661. The van der Waals surface area contributed by atoms with Crippen molar-refractivity contribution in [1.82, 2.24) is 15.3 Å². The summed E-state index contributed by atoms with van der Waals surface area (Å²) < 4.78 is 0. The van der Waals surface area contributed by atoms with Crippen LogP contribution in [0.15, 0.2) is 235 Å². The van der Waals surface area contributed by atoms with Gasteiger partial charge in [0.15, 0.2) is 5.82 Å². The zero-order valence-corrected chi connectivity index (χ0v) is 37.0. The number of nitrogens with zero attached hydrogens (tertiary/aromatic N) is 3. The molecule has 0 saturated heterocycles. The molecule has 0 spiro atoms. The van der Waals surface area contributed by atoms with Crippen molar-refractivity contribution >= 4 is 17.0 Å². The summed E-state index contributed by atoms with van der Waals surface area (Å²) in [5.41, 5.74) is 18.9. The van der Waals surface area contributed by atoms with Gasteiger partial charge in [-0.2, -0.15) is 0 Å². The van der Waals surface area contributed by atoms with Crippen molar-refractivity contribution in [2.75, 3.05) is 0 Å². The zero-order chi connectivity index (χ0) is 44.2. The molecule has 1 N–H and O–H groups in total. The Morgan fingerprint density at radius 2 is 1.08 bits per heavy atom. The maximum Gasteiger partial charge on any atom is 0.160 e. The van der Waals surface area contributed by atoms with E-state index in [1.54, 1.807) is 0 Å². The molecule has 0 bridgehead atoms. The van der Waals surface area contributed by atoms with E-state index in [1.807, 2.05) is 30.3 Å². The predicted molar refractivity (Wildman–Crippen MR) is 271 cm³/mol. The van der Waals surface area contributed by atoms with E-state index in [0.717, 1.165) is 62.6 Å². The molecule has 65 heavy (non-hydrogen) atoms. The second kappa shape index (κ2) is 18.0. The van der Waals surface area contributed by atoms with Gasteiger partial charge < -0.3 is 5.32 Å². The average molecular weight is 839 g/mol. The van der Waals surface area contributed by atoms with Crippen LogP contribution >= 0.6 is 0 Å². The number of aliphatic imine (C=N–C) groups is 1. The molecule has 4 heteroatoms. The highest BCUT2D eigenvalue weighted by molar-refractivity contribution is 6.13. The Hall–Kier alpha value is -7.95. The van der Waals surface area contributed by atoms with Gasteiger partial charge in [0.05, 0.1) is 17.1 Å². The summed E-state index contributed by atoms with van der Waals surface area (Å²) in [6, 6.07) is 68.3. The quantitative estimate of drug-likeness (QED) is 0.166. The number of benzene rings is 7. The van der Waals surface area contributed by atoms with E-state index in [0.29, 0.717) is 5.82 Å². The van der Waals surface area contributed by atoms with Gasteiger partial charge in [0.25, 0.3) is 0 Å². The van der Waals surface area contributed by atoms with Crippen LogP contribution in [0, 0.1) is 0 Å². The fourth-order valence-corrected chi connectivity index (χ4v) is 9.01. The lowest BCUT2D eigenvalue weighted by atomic mass is 9.76. The first-order chi connectivity index (χ1) is 31.9. The fraction of sp³-hybridized carbons (Fsp3) is 0.0984. The van der Waals surface area contributed by atoms with Crippen LogP contribution in [0.3, 0.4) is 0 Å². The molecule has 2 aliphatic rings. The van der Waals surface area contributed by atoms with E-state index in [1.165, 1.54) is 39.0 Å². The summed E-state index contributed by atoms with van der Waals surface area (Å²) in [4.78, 5) is 15.3. The number of aromatic nitrogens is 2. The standard InChI is InChI=1S/C61H50N4/c1-42-39-53-52(44-32-36-48(37-33-44)58-41-56(46-21-10-5-11-22-46)63-60(65-58)50-25-14-7-15-26-50)28-18-29-54(53)61(2,3)38-17-16-27-51(42)43-30-34-47(35-31-43)57-40-55(45-19-8-4-9-20-45)62-59(64-57)49-23-12-6-13-24-49/h4-38,40-41,60,63H,39H2,1-3H3/b27-16-,38-17+,51-42-. The third-order valence-electron chi connectivity index (χ3n) is 12.5. The smallest absolute Gasteiger partial charge is 0.160 e. The Morgan fingerprint density at radius 3 is 1.74 bits per heavy atom. The monoisotopic (exact) mass is 838 g/mol. The van der Waals surface area contributed by atoms with Crippen LogP contribution < -0.4 is 5.32 Å². The minimum Gasteiger partial charge on any atom is -0.360 e. The number of hydrogen-bond donors (Lipinski definition) is 1. The molecular weight excluding hydrogens is 789 g/mol. The highest BCUT2D eigenvalue weighted by Crippen LogP contribution is 2.39. The van der Waals surface area contributed by atoms with Gasteiger partial charge in [0, 0.05) is 27.8 Å². The maximum absolute atomic E-state index is 5.24. The second-order valence-electron chi connectivity index (χ2n) is 17.4. The molecule has 1 aliphatic carbocycles. The minimum absolute atomic E-state index is 0.182. The summed E-state index contributed by atoms with van der Waals surface area (Å²) in [5.74, 6) is 0.712. The SMILES string of the molecule is C\C1=C(c2ccc(-c3cc(-c4ccccc4)nc(-c4ccccc4)n3)cc2)/C=C\C=C\C(C)(C)c2cccc(-c3ccc(C4=NC(c5ccccc5)NC(c5ccccc5)=C4)cc3)c2C1. The van der Waals surface area contributed by atoms with Crippen LogP contribution in [0.2, 0.25) is 0 Å². The minimum atomic E-state index is -0.190. The third-order valence-corrected chi connectivity index (χ3v) is 12.5. The molecule has 1 aliphatic heterocycles. The summed E-state index contributed by atoms with van der Waals surface area (Å²) in [6.07, 6.45) is 11.8. The maximum atomic E-state index is 5.24. The van der Waals surface area contributed by atoms with E-state index < -0.39 is 0 Å². The molecule has 1 unspecified atom stereocenters. The van der Waals surface area contributed by atoms with Crippen molar-refractivity contribution in [2.24, 2.45) is 4.99 Å². The van der Waals surface area contributed by atoms with Gasteiger partial charge >= 0.3 is 0 Å². The molecule has 7 aromatic carbocycles. The van der Waals surface area contributed by atoms with Gasteiger partial charge in [-0.3, -0.25) is 4.99 Å². The van der Waals surface area contributed by atoms with Crippen molar-refractivity contribution in [3.05, 3.63) is 263 Å². The fourth-order valence-electron chi connectivity index (χ4n) is 9.01. The van der Waals surface area contributed by atoms with Gasteiger partial charge in [-0.1, -0.05) is 232 Å². The van der Waals surface area contributed by atoms with Crippen molar-refractivity contribution in [2.45, 2.75) is 38.8 Å². The summed E-state index contributed by atoms with van der Waals surface area (Å²) in [6.45, 7) is 6.92. The molecule has 0 radical (unpaired) electrons. The molecule has 0 amide bonds. The Bertz CT molecular complexity index is 3070. The van der Waals surface area contributed by atoms with Crippen LogP contribution in [-0.2, 0) is 11.8 Å². The number of rotatable bonds is 8. The lowest BCUT2D eigenvalue weighted by Crippen LogP contribution is -2.24. The van der Waals surface area contributed by atoms with Crippen LogP contribution in [0.5, 0.6) is 0 Å². The molecule has 1 atom stereocenters. The molecule has 10 rings (SSSR count). The topological polar surface area (TPSA) is 50.2 Å². The highest BCUT2D eigenvalue weighted by Gasteiger charge is 2.25. The second-order valence-corrected chi connectivity index (χ2v) is 17.4. The molecule has 314 valence electrons. The molecule has 0 saturated carbocycles. The van der Waals surface area contributed by atoms with E-state index in [2.05, 4.69) is 220 Å². The van der Waals surface area contributed by atoms with Crippen molar-refractivity contribution < 1.29 is 0 Å². The molecule has 2 heterocycles.